The normalized spacial score (nSPS) is 10.5. The van der Waals surface area contributed by atoms with E-state index < -0.39 is 0 Å². The number of amides is 1. The van der Waals surface area contributed by atoms with Crippen molar-refractivity contribution in [3.05, 3.63) is 58.5 Å². The van der Waals surface area contributed by atoms with Crippen molar-refractivity contribution in [1.82, 2.24) is 25.3 Å². The molecular formula is C16H15N5O3. The molecule has 0 saturated heterocycles. The van der Waals surface area contributed by atoms with Gasteiger partial charge in [0, 0.05) is 18.8 Å². The van der Waals surface area contributed by atoms with Gasteiger partial charge in [-0.1, -0.05) is 17.3 Å². The molecule has 0 aliphatic rings. The van der Waals surface area contributed by atoms with Crippen molar-refractivity contribution in [2.45, 2.75) is 6.54 Å². The highest BCUT2D eigenvalue weighted by atomic mass is 16.5. The Morgan fingerprint density at radius 1 is 1.25 bits per heavy atom. The second kappa shape index (κ2) is 6.86. The molecule has 2 heterocycles. The van der Waals surface area contributed by atoms with Crippen LogP contribution in [0.1, 0.15) is 10.4 Å². The molecule has 1 amide bonds. The highest BCUT2D eigenvalue weighted by Crippen LogP contribution is 2.06. The van der Waals surface area contributed by atoms with Gasteiger partial charge >= 0.3 is 0 Å². The summed E-state index contributed by atoms with van der Waals surface area (Å²) in [5.74, 6) is 0.150. The average Bonchev–Trinajstić information content (AvgIpc) is 2.64. The molecule has 0 unspecified atom stereocenters. The number of nitrogens with one attached hydrogen (secondary N) is 1. The fourth-order valence-electron chi connectivity index (χ4n) is 2.18. The first-order valence-electron chi connectivity index (χ1n) is 7.30. The molecule has 0 fully saturated rings. The lowest BCUT2D eigenvalue weighted by Crippen LogP contribution is -2.32. The minimum absolute atomic E-state index is 0.228. The van der Waals surface area contributed by atoms with Crippen LogP contribution in [0.15, 0.2) is 47.4 Å². The van der Waals surface area contributed by atoms with Gasteiger partial charge in [0.25, 0.3) is 11.5 Å². The first-order chi connectivity index (χ1) is 11.7. The van der Waals surface area contributed by atoms with E-state index in [1.54, 1.807) is 36.4 Å². The topological polar surface area (TPSA) is 99.0 Å². The Hall–Kier alpha value is -3.29. The Morgan fingerprint density at radius 3 is 2.83 bits per heavy atom. The molecule has 1 N–H and O–H groups in total. The van der Waals surface area contributed by atoms with E-state index in [2.05, 4.69) is 20.6 Å². The van der Waals surface area contributed by atoms with Gasteiger partial charge in [-0.05, 0) is 18.2 Å². The van der Waals surface area contributed by atoms with E-state index in [4.69, 9.17) is 4.74 Å². The van der Waals surface area contributed by atoms with Gasteiger partial charge in [0.1, 0.15) is 5.52 Å². The maximum absolute atomic E-state index is 12.3. The third-order valence-corrected chi connectivity index (χ3v) is 3.45. The van der Waals surface area contributed by atoms with Gasteiger partial charge in [-0.2, -0.15) is 0 Å². The maximum Gasteiger partial charge on any atom is 0.277 e. The Labute approximate surface area is 137 Å². The predicted molar refractivity (Wildman–Crippen MR) is 86.9 cm³/mol. The lowest BCUT2D eigenvalue weighted by molar-refractivity contribution is 0.0951. The predicted octanol–water partition coefficient (Wildman–Crippen LogP) is 0.625. The smallest absolute Gasteiger partial charge is 0.277 e. The number of hydrogen-bond donors (Lipinski definition) is 1. The Kier molecular flexibility index (Phi) is 4.46. The Balaban J connectivity index is 1.64. The molecule has 0 atom stereocenters. The molecule has 3 aromatic rings. The highest BCUT2D eigenvalue weighted by Gasteiger charge is 2.08. The Morgan fingerprint density at radius 2 is 2.08 bits per heavy atom. The summed E-state index contributed by atoms with van der Waals surface area (Å²) in [7, 11) is 1.50. The third-order valence-electron chi connectivity index (χ3n) is 3.45. The molecule has 3 rings (SSSR count). The number of carbonyl (C=O) groups excluding carboxylic acids is 1. The minimum atomic E-state index is -0.285. The van der Waals surface area contributed by atoms with Crippen molar-refractivity contribution in [2.75, 3.05) is 13.7 Å². The second-order valence-corrected chi connectivity index (χ2v) is 4.98. The van der Waals surface area contributed by atoms with Crippen LogP contribution in [0, 0.1) is 0 Å². The van der Waals surface area contributed by atoms with Gasteiger partial charge < -0.3 is 10.1 Å². The molecule has 8 nitrogen and oxygen atoms in total. The zero-order valence-corrected chi connectivity index (χ0v) is 13.0. The number of ether oxygens (including phenoxy) is 1. The molecule has 2 aromatic heterocycles. The van der Waals surface area contributed by atoms with Crippen LogP contribution in [0.4, 0.5) is 0 Å². The SMILES string of the molecule is COc1ccc(C(=O)NCCn2nnc3ccccc3c2=O)cn1. The van der Waals surface area contributed by atoms with E-state index in [0.717, 1.165) is 0 Å². The summed E-state index contributed by atoms with van der Waals surface area (Å²) in [4.78, 5) is 28.3. The van der Waals surface area contributed by atoms with Crippen LogP contribution in [-0.2, 0) is 6.54 Å². The minimum Gasteiger partial charge on any atom is -0.481 e. The van der Waals surface area contributed by atoms with E-state index in [9.17, 15) is 9.59 Å². The van der Waals surface area contributed by atoms with Crippen LogP contribution in [0.25, 0.3) is 10.9 Å². The van der Waals surface area contributed by atoms with Crippen molar-refractivity contribution in [2.24, 2.45) is 0 Å². The van der Waals surface area contributed by atoms with E-state index in [1.165, 1.54) is 18.0 Å². The Bertz CT molecular complexity index is 921. The zero-order valence-electron chi connectivity index (χ0n) is 13.0. The monoisotopic (exact) mass is 325 g/mol. The van der Waals surface area contributed by atoms with Gasteiger partial charge in [0.15, 0.2) is 0 Å². The van der Waals surface area contributed by atoms with Crippen molar-refractivity contribution < 1.29 is 9.53 Å². The van der Waals surface area contributed by atoms with Gasteiger partial charge in [-0.15, -0.1) is 5.10 Å². The van der Waals surface area contributed by atoms with E-state index >= 15 is 0 Å². The third kappa shape index (κ3) is 3.22. The van der Waals surface area contributed by atoms with Crippen LogP contribution in [-0.4, -0.2) is 39.5 Å². The van der Waals surface area contributed by atoms with Crippen molar-refractivity contribution in [3.8, 4) is 5.88 Å². The summed E-state index contributed by atoms with van der Waals surface area (Å²) in [5.41, 5.74) is 0.723. The number of hydrogen-bond acceptors (Lipinski definition) is 6. The van der Waals surface area contributed by atoms with Gasteiger partial charge in [0.05, 0.1) is 24.6 Å². The maximum atomic E-state index is 12.3. The first kappa shape index (κ1) is 15.6. The number of rotatable bonds is 5. The quantitative estimate of drug-likeness (QED) is 0.738. The van der Waals surface area contributed by atoms with Crippen molar-refractivity contribution in [3.63, 3.8) is 0 Å². The molecule has 0 aliphatic carbocycles. The summed E-state index contributed by atoms with van der Waals surface area (Å²) in [5, 5.41) is 11.1. The number of nitrogens with zero attached hydrogens (tertiary/aromatic N) is 4. The molecule has 0 radical (unpaired) electrons. The zero-order chi connectivity index (χ0) is 16.9. The summed E-state index contributed by atoms with van der Waals surface area (Å²) in [6.45, 7) is 0.476. The molecule has 8 heteroatoms. The molecule has 0 saturated carbocycles. The van der Waals surface area contributed by atoms with Crippen molar-refractivity contribution in [1.29, 1.82) is 0 Å². The highest BCUT2D eigenvalue weighted by molar-refractivity contribution is 5.93. The summed E-state index contributed by atoms with van der Waals surface area (Å²) >= 11 is 0. The van der Waals surface area contributed by atoms with Crippen LogP contribution in [0.3, 0.4) is 0 Å². The number of fused-ring (bicyclic) bond motifs is 1. The van der Waals surface area contributed by atoms with Crippen LogP contribution < -0.4 is 15.6 Å². The number of benzene rings is 1. The summed E-state index contributed by atoms with van der Waals surface area (Å²) < 4.78 is 6.17. The largest absolute Gasteiger partial charge is 0.481 e. The van der Waals surface area contributed by atoms with E-state index in [-0.39, 0.29) is 24.6 Å². The molecule has 1 aromatic carbocycles. The lowest BCUT2D eigenvalue weighted by atomic mass is 10.2. The average molecular weight is 325 g/mol. The van der Waals surface area contributed by atoms with Gasteiger partial charge in [-0.25, -0.2) is 9.67 Å². The molecule has 0 aliphatic heterocycles. The van der Waals surface area contributed by atoms with E-state index in [0.29, 0.717) is 22.3 Å². The van der Waals surface area contributed by atoms with Crippen LogP contribution in [0.2, 0.25) is 0 Å². The van der Waals surface area contributed by atoms with Crippen LogP contribution in [0.5, 0.6) is 5.88 Å². The lowest BCUT2D eigenvalue weighted by Gasteiger charge is -2.07. The second-order valence-electron chi connectivity index (χ2n) is 4.98. The fraction of sp³-hybridized carbons (Fsp3) is 0.188. The molecule has 122 valence electrons. The first-order valence-corrected chi connectivity index (χ1v) is 7.30. The number of methoxy groups -OCH3 is 1. The number of aromatic nitrogens is 4. The molecule has 0 spiro atoms. The summed E-state index contributed by atoms with van der Waals surface area (Å²) in [6, 6.07) is 10.2. The van der Waals surface area contributed by atoms with Gasteiger partial charge in [0.2, 0.25) is 5.88 Å². The fourth-order valence-corrected chi connectivity index (χ4v) is 2.18. The van der Waals surface area contributed by atoms with Crippen molar-refractivity contribution >= 4 is 16.8 Å². The summed E-state index contributed by atoms with van der Waals surface area (Å²) in [6.07, 6.45) is 1.43. The molecule has 24 heavy (non-hydrogen) atoms. The van der Waals surface area contributed by atoms with Crippen LogP contribution >= 0.6 is 0 Å². The standard InChI is InChI=1S/C16H15N5O3/c1-24-14-7-6-11(10-18-14)15(22)17-8-9-21-16(23)12-4-2-3-5-13(12)19-20-21/h2-7,10H,8-9H2,1H3,(H,17,22). The number of carbonyl (C=O) groups is 1. The van der Waals surface area contributed by atoms with E-state index in [1.807, 2.05) is 0 Å². The molecule has 0 bridgehead atoms. The molecular weight excluding hydrogens is 310 g/mol. The van der Waals surface area contributed by atoms with Gasteiger partial charge in [-0.3, -0.25) is 9.59 Å². The number of pyridine rings is 1.